The van der Waals surface area contributed by atoms with Crippen molar-refractivity contribution in [2.45, 2.75) is 39.7 Å². The molecule has 1 aliphatic heterocycles. The Morgan fingerprint density at radius 2 is 2.16 bits per heavy atom. The van der Waals surface area contributed by atoms with E-state index in [1.165, 1.54) is 6.07 Å². The maximum Gasteiger partial charge on any atom is 0.222 e. The predicted octanol–water partition coefficient (Wildman–Crippen LogP) is 2.82. The van der Waals surface area contributed by atoms with Gasteiger partial charge in [-0.3, -0.25) is 4.79 Å². The molecule has 2 rings (SSSR count). The van der Waals surface area contributed by atoms with Gasteiger partial charge in [0, 0.05) is 32.6 Å². The second kappa shape index (κ2) is 11.3. The van der Waals surface area contributed by atoms with Gasteiger partial charge in [-0.1, -0.05) is 12.1 Å². The molecule has 0 bridgehead atoms. The molecule has 0 saturated carbocycles. The predicted molar refractivity (Wildman–Crippen MR) is 110 cm³/mol. The van der Waals surface area contributed by atoms with Gasteiger partial charge in [-0.25, -0.2) is 9.38 Å². The van der Waals surface area contributed by atoms with Crippen molar-refractivity contribution in [2.24, 2.45) is 4.99 Å². The Morgan fingerprint density at radius 3 is 2.80 bits per heavy atom. The number of amides is 1. The van der Waals surface area contributed by atoms with Crippen LogP contribution in [0.3, 0.4) is 0 Å². The van der Waals surface area contributed by atoms with Gasteiger partial charge < -0.3 is 15.5 Å². The molecule has 1 aliphatic rings. The zero-order valence-electron chi connectivity index (χ0n) is 15.0. The van der Waals surface area contributed by atoms with Crippen molar-refractivity contribution in [1.29, 1.82) is 0 Å². The van der Waals surface area contributed by atoms with Gasteiger partial charge in [0.2, 0.25) is 5.91 Å². The normalized spacial score (nSPS) is 14.4. The fraction of sp³-hybridized carbons (Fsp3) is 0.556. The van der Waals surface area contributed by atoms with E-state index < -0.39 is 0 Å². The van der Waals surface area contributed by atoms with Crippen LogP contribution < -0.4 is 10.6 Å². The highest BCUT2D eigenvalue weighted by molar-refractivity contribution is 14.0. The van der Waals surface area contributed by atoms with Crippen LogP contribution in [0.2, 0.25) is 0 Å². The summed E-state index contributed by atoms with van der Waals surface area (Å²) in [5.41, 5.74) is 1.62. The van der Waals surface area contributed by atoms with Crippen molar-refractivity contribution in [3.05, 3.63) is 35.1 Å². The van der Waals surface area contributed by atoms with E-state index in [0.717, 1.165) is 50.5 Å². The van der Waals surface area contributed by atoms with Gasteiger partial charge in [0.1, 0.15) is 5.82 Å². The largest absolute Gasteiger partial charge is 0.357 e. The summed E-state index contributed by atoms with van der Waals surface area (Å²) in [5.74, 6) is 0.818. The van der Waals surface area contributed by atoms with Crippen molar-refractivity contribution in [3.8, 4) is 0 Å². The Kier molecular flexibility index (Phi) is 9.77. The summed E-state index contributed by atoms with van der Waals surface area (Å²) in [4.78, 5) is 18.0. The molecule has 0 aromatic heterocycles. The number of rotatable bonds is 7. The molecule has 1 fully saturated rings. The topological polar surface area (TPSA) is 56.7 Å². The third kappa shape index (κ3) is 7.17. The first kappa shape index (κ1) is 21.7. The third-order valence-corrected chi connectivity index (χ3v) is 4.05. The van der Waals surface area contributed by atoms with Crippen LogP contribution in [0.4, 0.5) is 4.39 Å². The molecule has 0 unspecified atom stereocenters. The van der Waals surface area contributed by atoms with E-state index in [1.807, 2.05) is 17.9 Å². The van der Waals surface area contributed by atoms with Crippen molar-refractivity contribution < 1.29 is 9.18 Å². The van der Waals surface area contributed by atoms with Gasteiger partial charge >= 0.3 is 0 Å². The first-order valence-corrected chi connectivity index (χ1v) is 8.65. The summed E-state index contributed by atoms with van der Waals surface area (Å²) >= 11 is 0. The average Bonchev–Trinajstić information content (AvgIpc) is 2.97. The van der Waals surface area contributed by atoms with Gasteiger partial charge in [0.15, 0.2) is 5.96 Å². The summed E-state index contributed by atoms with van der Waals surface area (Å²) in [7, 11) is 0. The molecule has 0 radical (unpaired) electrons. The summed E-state index contributed by atoms with van der Waals surface area (Å²) < 4.78 is 13.3. The number of nitrogens with zero attached hydrogens (tertiary/aromatic N) is 2. The second-order valence-electron chi connectivity index (χ2n) is 6.04. The Morgan fingerprint density at radius 1 is 1.36 bits per heavy atom. The van der Waals surface area contributed by atoms with E-state index >= 15 is 0 Å². The van der Waals surface area contributed by atoms with Crippen LogP contribution in [0.25, 0.3) is 0 Å². The van der Waals surface area contributed by atoms with Crippen molar-refractivity contribution in [2.75, 3.05) is 26.2 Å². The van der Waals surface area contributed by atoms with Gasteiger partial charge in [0.05, 0.1) is 6.54 Å². The van der Waals surface area contributed by atoms with Crippen LogP contribution in [0.15, 0.2) is 23.2 Å². The fourth-order valence-electron chi connectivity index (χ4n) is 2.73. The summed E-state index contributed by atoms with van der Waals surface area (Å²) in [6.45, 7) is 7.49. The number of halogens is 2. The number of hydrogen-bond donors (Lipinski definition) is 2. The molecule has 0 aliphatic carbocycles. The van der Waals surface area contributed by atoms with Crippen LogP contribution in [-0.4, -0.2) is 42.9 Å². The van der Waals surface area contributed by atoms with E-state index in [4.69, 9.17) is 0 Å². The molecule has 1 saturated heterocycles. The van der Waals surface area contributed by atoms with Crippen molar-refractivity contribution in [1.82, 2.24) is 15.5 Å². The number of carbonyl (C=O) groups is 1. The molecule has 1 aromatic carbocycles. The van der Waals surface area contributed by atoms with E-state index in [2.05, 4.69) is 15.6 Å². The second-order valence-corrected chi connectivity index (χ2v) is 6.04. The molecule has 0 atom stereocenters. The first-order valence-electron chi connectivity index (χ1n) is 8.65. The van der Waals surface area contributed by atoms with Crippen LogP contribution >= 0.6 is 24.0 Å². The first-order chi connectivity index (χ1) is 11.6. The minimum atomic E-state index is -0.191. The maximum absolute atomic E-state index is 13.3. The lowest BCUT2D eigenvalue weighted by Gasteiger charge is -2.16. The van der Waals surface area contributed by atoms with E-state index in [9.17, 15) is 9.18 Å². The Hall–Kier alpha value is -1.38. The molecule has 5 nitrogen and oxygen atoms in total. The number of benzene rings is 1. The highest BCUT2D eigenvalue weighted by Crippen LogP contribution is 2.10. The number of carbonyl (C=O) groups excluding carboxylic acids is 1. The van der Waals surface area contributed by atoms with Crippen LogP contribution in [0.5, 0.6) is 0 Å². The highest BCUT2D eigenvalue weighted by atomic mass is 127. The van der Waals surface area contributed by atoms with Gasteiger partial charge in [-0.15, -0.1) is 24.0 Å². The summed E-state index contributed by atoms with van der Waals surface area (Å²) in [6.07, 6.45) is 2.56. The van der Waals surface area contributed by atoms with Crippen LogP contribution in [0, 0.1) is 12.7 Å². The number of aliphatic imine (C=N–C) groups is 1. The lowest BCUT2D eigenvalue weighted by atomic mass is 10.1. The smallest absolute Gasteiger partial charge is 0.222 e. The van der Waals surface area contributed by atoms with Crippen LogP contribution in [0.1, 0.15) is 37.3 Å². The quantitative estimate of drug-likeness (QED) is 0.284. The molecule has 25 heavy (non-hydrogen) atoms. The summed E-state index contributed by atoms with van der Waals surface area (Å²) in [6, 6.07) is 5.06. The molecule has 1 amide bonds. The molecular weight excluding hydrogens is 434 g/mol. The summed E-state index contributed by atoms with van der Waals surface area (Å²) in [5, 5.41) is 6.48. The number of aryl methyl sites for hydroxylation is 1. The lowest BCUT2D eigenvalue weighted by Crippen LogP contribution is -2.39. The minimum absolute atomic E-state index is 0. The van der Waals surface area contributed by atoms with Crippen LogP contribution in [-0.2, 0) is 11.3 Å². The SMILES string of the molecule is CCNC(=NCc1ccc(F)c(C)c1)NCCCN1CCCC1=O.I. The number of guanidine groups is 1. The average molecular weight is 462 g/mol. The number of likely N-dealkylation sites (tertiary alicyclic amines) is 1. The molecule has 140 valence electrons. The van der Waals surface area contributed by atoms with Gasteiger partial charge in [-0.2, -0.15) is 0 Å². The van der Waals surface area contributed by atoms with E-state index in [0.29, 0.717) is 18.5 Å². The molecule has 0 spiro atoms. The molecule has 7 heteroatoms. The fourth-order valence-corrected chi connectivity index (χ4v) is 2.73. The molecule has 2 N–H and O–H groups in total. The molecular formula is C18H28FIN4O. The van der Waals surface area contributed by atoms with Crippen molar-refractivity contribution >= 4 is 35.8 Å². The highest BCUT2D eigenvalue weighted by Gasteiger charge is 2.18. The lowest BCUT2D eigenvalue weighted by molar-refractivity contribution is -0.127. The Bertz CT molecular complexity index is 594. The van der Waals surface area contributed by atoms with Gasteiger partial charge in [-0.05, 0) is 43.9 Å². The minimum Gasteiger partial charge on any atom is -0.357 e. The third-order valence-electron chi connectivity index (χ3n) is 4.05. The van der Waals surface area contributed by atoms with Gasteiger partial charge in [0.25, 0.3) is 0 Å². The number of nitrogens with one attached hydrogen (secondary N) is 2. The zero-order chi connectivity index (χ0) is 17.4. The Labute approximate surface area is 166 Å². The Balaban J connectivity index is 0.00000312. The maximum atomic E-state index is 13.3. The van der Waals surface area contributed by atoms with E-state index in [-0.39, 0.29) is 35.7 Å². The standard InChI is InChI=1S/C18H27FN4O.HI/c1-3-20-18(21-9-5-11-23-10-4-6-17(23)24)22-13-15-7-8-16(19)14(2)12-15;/h7-8,12H,3-6,9-11,13H2,1-2H3,(H2,20,21,22);1H. The van der Waals surface area contributed by atoms with Crippen molar-refractivity contribution in [3.63, 3.8) is 0 Å². The monoisotopic (exact) mass is 462 g/mol. The molecule has 1 aromatic rings. The molecule has 1 heterocycles. The van der Waals surface area contributed by atoms with E-state index in [1.54, 1.807) is 13.0 Å². The number of hydrogen-bond acceptors (Lipinski definition) is 2. The zero-order valence-corrected chi connectivity index (χ0v) is 17.3.